The highest BCUT2D eigenvalue weighted by Gasteiger charge is 2.23. The van der Waals surface area contributed by atoms with Crippen molar-refractivity contribution >= 4 is 40.3 Å². The fourth-order valence-electron chi connectivity index (χ4n) is 3.43. The maximum absolute atomic E-state index is 12.2. The van der Waals surface area contributed by atoms with Crippen LogP contribution >= 0.6 is 24.0 Å². The second kappa shape index (κ2) is 9.31. The van der Waals surface area contributed by atoms with E-state index in [0.717, 1.165) is 28.0 Å². The van der Waals surface area contributed by atoms with E-state index < -0.39 is 0 Å². The summed E-state index contributed by atoms with van der Waals surface area (Å²) in [5.74, 6) is 0.552. The van der Waals surface area contributed by atoms with Gasteiger partial charge in [0.2, 0.25) is 0 Å². The Bertz CT molecular complexity index is 1180. The molecule has 0 bridgehead atoms. The third kappa shape index (κ3) is 5.29. The van der Waals surface area contributed by atoms with Gasteiger partial charge in [0.05, 0.1) is 4.91 Å². The molecule has 3 aromatic carbocycles. The van der Waals surface area contributed by atoms with E-state index >= 15 is 0 Å². The molecule has 5 heteroatoms. The van der Waals surface area contributed by atoms with Gasteiger partial charge in [0, 0.05) is 5.56 Å². The van der Waals surface area contributed by atoms with Crippen molar-refractivity contribution in [1.82, 2.24) is 5.32 Å². The molecule has 0 aliphatic carbocycles. The first kappa shape index (κ1) is 22.3. The lowest BCUT2D eigenvalue weighted by Gasteiger charge is -2.19. The molecule has 0 atom stereocenters. The molecule has 3 aromatic rings. The monoisotopic (exact) mass is 459 g/mol. The molecule has 1 amide bonds. The van der Waals surface area contributed by atoms with E-state index in [1.54, 1.807) is 0 Å². The summed E-state index contributed by atoms with van der Waals surface area (Å²) in [6.07, 6.45) is 1.85. The molecule has 0 spiro atoms. The van der Waals surface area contributed by atoms with Gasteiger partial charge in [-0.25, -0.2) is 0 Å². The van der Waals surface area contributed by atoms with Gasteiger partial charge in [-0.1, -0.05) is 105 Å². The molecule has 3 nitrogen and oxygen atoms in total. The quantitative estimate of drug-likeness (QED) is 0.340. The lowest BCUT2D eigenvalue weighted by molar-refractivity contribution is -0.115. The summed E-state index contributed by atoms with van der Waals surface area (Å²) >= 11 is 6.42. The fourth-order valence-corrected chi connectivity index (χ4v) is 4.47. The zero-order chi connectivity index (χ0) is 22.7. The first-order valence-corrected chi connectivity index (χ1v) is 11.7. The summed E-state index contributed by atoms with van der Waals surface area (Å²) in [4.78, 5) is 12.8. The van der Waals surface area contributed by atoms with E-state index in [1.165, 1.54) is 17.3 Å². The van der Waals surface area contributed by atoms with Gasteiger partial charge in [-0.05, 0) is 45.9 Å². The summed E-state index contributed by atoms with van der Waals surface area (Å²) in [5.41, 5.74) is 5.51. The number of thioether (sulfide) groups is 1. The van der Waals surface area contributed by atoms with Crippen molar-refractivity contribution in [1.29, 1.82) is 0 Å². The molecule has 4 rings (SSSR count). The predicted octanol–water partition coefficient (Wildman–Crippen LogP) is 6.72. The molecule has 0 radical (unpaired) electrons. The number of hydrogen-bond acceptors (Lipinski definition) is 4. The van der Waals surface area contributed by atoms with Gasteiger partial charge in [-0.3, -0.25) is 4.79 Å². The fraction of sp³-hybridized carbons (Fsp3) is 0.185. The molecular formula is C27H25NO2S2. The third-order valence-electron chi connectivity index (χ3n) is 5.26. The number of hydrogen-bond donors (Lipinski definition) is 1. The van der Waals surface area contributed by atoms with E-state index in [-0.39, 0.29) is 11.3 Å². The number of ether oxygens (including phenoxy) is 1. The zero-order valence-corrected chi connectivity index (χ0v) is 20.0. The maximum atomic E-state index is 12.2. The number of benzene rings is 3. The van der Waals surface area contributed by atoms with Gasteiger partial charge in [0.25, 0.3) is 5.91 Å². The highest BCUT2D eigenvalue weighted by molar-refractivity contribution is 8.26. The highest BCUT2D eigenvalue weighted by atomic mass is 32.2. The van der Waals surface area contributed by atoms with Crippen molar-refractivity contribution < 1.29 is 9.53 Å². The largest absolute Gasteiger partial charge is 0.488 e. The first-order valence-electron chi connectivity index (χ1n) is 10.5. The molecule has 1 aliphatic rings. The van der Waals surface area contributed by atoms with Gasteiger partial charge in [-0.15, -0.1) is 0 Å². The van der Waals surface area contributed by atoms with Crippen LogP contribution in [-0.4, -0.2) is 10.2 Å². The van der Waals surface area contributed by atoms with E-state index in [0.29, 0.717) is 15.8 Å². The number of rotatable bonds is 5. The van der Waals surface area contributed by atoms with Crippen molar-refractivity contribution in [2.45, 2.75) is 32.8 Å². The Labute approximate surface area is 198 Å². The minimum Gasteiger partial charge on any atom is -0.488 e. The highest BCUT2D eigenvalue weighted by Crippen LogP contribution is 2.33. The number of nitrogens with one attached hydrogen (secondary N) is 1. The Kier molecular flexibility index (Phi) is 6.49. The van der Waals surface area contributed by atoms with E-state index in [9.17, 15) is 4.79 Å². The first-order chi connectivity index (χ1) is 15.3. The molecule has 1 heterocycles. The molecule has 0 aromatic heterocycles. The summed E-state index contributed by atoms with van der Waals surface area (Å²) < 4.78 is 6.61. The lowest BCUT2D eigenvalue weighted by atomic mass is 9.86. The zero-order valence-electron chi connectivity index (χ0n) is 18.3. The van der Waals surface area contributed by atoms with Gasteiger partial charge in [0.1, 0.15) is 16.7 Å². The van der Waals surface area contributed by atoms with Crippen LogP contribution in [0.15, 0.2) is 77.7 Å². The van der Waals surface area contributed by atoms with Gasteiger partial charge in [-0.2, -0.15) is 0 Å². The average Bonchev–Trinajstić information content (AvgIpc) is 3.09. The van der Waals surface area contributed by atoms with Crippen LogP contribution in [-0.2, 0) is 16.8 Å². The molecule has 1 aliphatic heterocycles. The molecule has 0 saturated carbocycles. The Balaban J connectivity index is 1.68. The standard InChI is InChI=1S/C27H25NO2S2/c1-27(2,3)22-12-9-19(10-13-22)20-11-14-23(30-17-18-7-5-4-6-8-18)21(15-20)16-24-25(29)28-26(31)32-24/h4-16H,17H2,1-3H3,(H,28,29,31)/b24-16-. The average molecular weight is 460 g/mol. The normalized spacial score (nSPS) is 15.2. The van der Waals surface area contributed by atoms with Crippen LogP contribution < -0.4 is 10.1 Å². The van der Waals surface area contributed by atoms with Crippen molar-refractivity contribution in [3.63, 3.8) is 0 Å². The van der Waals surface area contributed by atoms with E-state index in [4.69, 9.17) is 17.0 Å². The van der Waals surface area contributed by atoms with Gasteiger partial charge >= 0.3 is 0 Å². The molecule has 162 valence electrons. The SMILES string of the molecule is CC(C)(C)c1ccc(-c2ccc(OCc3ccccc3)c(/C=C3\SC(=S)NC3=O)c2)cc1. The van der Waals surface area contributed by atoms with Gasteiger partial charge in [0.15, 0.2) is 0 Å². The lowest BCUT2D eigenvalue weighted by Crippen LogP contribution is -2.17. The Morgan fingerprint density at radius 3 is 2.28 bits per heavy atom. The van der Waals surface area contributed by atoms with Crippen LogP contribution in [0.25, 0.3) is 17.2 Å². The van der Waals surface area contributed by atoms with Crippen LogP contribution in [0.3, 0.4) is 0 Å². The molecule has 1 fully saturated rings. The minimum atomic E-state index is -0.172. The minimum absolute atomic E-state index is 0.106. The van der Waals surface area contributed by atoms with Crippen molar-refractivity contribution in [3.05, 3.63) is 94.4 Å². The second-order valence-corrected chi connectivity index (χ2v) is 10.4. The molecular weight excluding hydrogens is 434 g/mol. The van der Waals surface area contributed by atoms with E-state index in [2.05, 4.69) is 62.5 Å². The Hall–Kier alpha value is -2.89. The molecule has 1 N–H and O–H groups in total. The van der Waals surface area contributed by atoms with Crippen molar-refractivity contribution in [2.75, 3.05) is 0 Å². The topological polar surface area (TPSA) is 38.3 Å². The molecule has 32 heavy (non-hydrogen) atoms. The molecule has 1 saturated heterocycles. The van der Waals surface area contributed by atoms with Crippen LogP contribution in [0.5, 0.6) is 5.75 Å². The number of carbonyl (C=O) groups is 1. The number of thiocarbonyl (C=S) groups is 1. The Morgan fingerprint density at radius 2 is 1.66 bits per heavy atom. The third-order valence-corrected chi connectivity index (χ3v) is 6.42. The second-order valence-electron chi connectivity index (χ2n) is 8.71. The summed E-state index contributed by atoms with van der Waals surface area (Å²) in [5, 5.41) is 2.68. The maximum Gasteiger partial charge on any atom is 0.263 e. The number of amides is 1. The van der Waals surface area contributed by atoms with Crippen molar-refractivity contribution in [3.8, 4) is 16.9 Å². The van der Waals surface area contributed by atoms with Crippen LogP contribution in [0.4, 0.5) is 0 Å². The summed E-state index contributed by atoms with van der Waals surface area (Å²) in [6, 6.07) is 24.7. The summed E-state index contributed by atoms with van der Waals surface area (Å²) in [6.45, 7) is 7.08. The van der Waals surface area contributed by atoms with Crippen LogP contribution in [0.2, 0.25) is 0 Å². The van der Waals surface area contributed by atoms with Crippen LogP contribution in [0.1, 0.15) is 37.5 Å². The molecule has 0 unspecified atom stereocenters. The predicted molar refractivity (Wildman–Crippen MR) is 138 cm³/mol. The van der Waals surface area contributed by atoms with E-state index in [1.807, 2.05) is 42.5 Å². The smallest absolute Gasteiger partial charge is 0.263 e. The summed E-state index contributed by atoms with van der Waals surface area (Å²) in [7, 11) is 0. The van der Waals surface area contributed by atoms with Crippen molar-refractivity contribution in [2.24, 2.45) is 0 Å². The van der Waals surface area contributed by atoms with Gasteiger partial charge < -0.3 is 10.1 Å². The Morgan fingerprint density at radius 1 is 0.969 bits per heavy atom. The van der Waals surface area contributed by atoms with Crippen LogP contribution in [0, 0.1) is 0 Å². The number of carbonyl (C=O) groups excluding carboxylic acids is 1.